The first-order chi connectivity index (χ1) is 7.28. The smallest absolute Gasteiger partial charge is 0.152 e. The minimum absolute atomic E-state index is 0.0164. The molecule has 0 amide bonds. The van der Waals surface area contributed by atoms with Crippen molar-refractivity contribution >= 4 is 11.6 Å². The molecule has 0 aromatic rings. The zero-order valence-corrected chi connectivity index (χ0v) is 10.5. The summed E-state index contributed by atoms with van der Waals surface area (Å²) >= 11 is 0. The Morgan fingerprint density at radius 1 is 1.38 bits per heavy atom. The highest BCUT2D eigenvalue weighted by Crippen LogP contribution is 2.61. The first-order valence-electron chi connectivity index (χ1n) is 6.02. The lowest BCUT2D eigenvalue weighted by Crippen LogP contribution is -2.45. The Labute approximate surface area is 97.1 Å². The van der Waals surface area contributed by atoms with Crippen LogP contribution in [-0.4, -0.2) is 11.6 Å². The third kappa shape index (κ3) is 1.55. The number of carbonyl (C=O) groups excluding carboxylic acids is 2. The molecule has 2 heteroatoms. The molecular formula is C14H20O2. The minimum atomic E-state index is -0.462. The molecule has 0 unspecified atom stereocenters. The number of carbonyl (C=O) groups is 2. The van der Waals surface area contributed by atoms with Crippen LogP contribution in [0.1, 0.15) is 40.5 Å². The van der Waals surface area contributed by atoms with Gasteiger partial charge in [-0.1, -0.05) is 19.9 Å². The van der Waals surface area contributed by atoms with Gasteiger partial charge in [-0.2, -0.15) is 0 Å². The second-order valence-corrected chi connectivity index (χ2v) is 6.20. The predicted molar refractivity (Wildman–Crippen MR) is 62.9 cm³/mol. The van der Waals surface area contributed by atoms with E-state index >= 15 is 0 Å². The van der Waals surface area contributed by atoms with Gasteiger partial charge in [-0.25, -0.2) is 0 Å². The van der Waals surface area contributed by atoms with Crippen LogP contribution in [0.25, 0.3) is 0 Å². The molecule has 0 heterocycles. The van der Waals surface area contributed by atoms with Crippen molar-refractivity contribution in [2.45, 2.75) is 40.5 Å². The van der Waals surface area contributed by atoms with Gasteiger partial charge in [-0.05, 0) is 44.1 Å². The number of hydrogen-bond acceptors (Lipinski definition) is 2. The van der Waals surface area contributed by atoms with Crippen molar-refractivity contribution in [1.82, 2.24) is 0 Å². The average Bonchev–Trinajstić information content (AvgIpc) is 2.89. The molecule has 0 aromatic carbocycles. The molecular weight excluding hydrogens is 200 g/mol. The van der Waals surface area contributed by atoms with Crippen LogP contribution in [0, 0.1) is 22.7 Å². The molecule has 0 bridgehead atoms. The van der Waals surface area contributed by atoms with E-state index < -0.39 is 5.41 Å². The second-order valence-electron chi connectivity index (χ2n) is 6.20. The summed E-state index contributed by atoms with van der Waals surface area (Å²) in [7, 11) is 0. The molecule has 2 aliphatic carbocycles. The minimum Gasteiger partial charge on any atom is -0.298 e. The third-order valence-corrected chi connectivity index (χ3v) is 4.60. The van der Waals surface area contributed by atoms with Crippen LogP contribution in [0.4, 0.5) is 0 Å². The Balaban J connectivity index is 2.34. The van der Waals surface area contributed by atoms with Crippen molar-refractivity contribution in [2.75, 3.05) is 0 Å². The number of ketones is 2. The van der Waals surface area contributed by atoms with Crippen molar-refractivity contribution in [2.24, 2.45) is 22.7 Å². The van der Waals surface area contributed by atoms with Gasteiger partial charge in [0.1, 0.15) is 5.78 Å². The Kier molecular flexibility index (Phi) is 2.37. The molecule has 0 N–H and O–H groups in total. The number of fused-ring (bicyclic) bond motifs is 1. The van der Waals surface area contributed by atoms with E-state index in [0.29, 0.717) is 11.7 Å². The van der Waals surface area contributed by atoms with E-state index in [2.05, 4.69) is 13.8 Å². The Hall–Kier alpha value is -0.920. The van der Waals surface area contributed by atoms with Crippen LogP contribution in [0.2, 0.25) is 0 Å². The van der Waals surface area contributed by atoms with Crippen LogP contribution < -0.4 is 0 Å². The zero-order chi connectivity index (χ0) is 12.1. The fourth-order valence-corrected chi connectivity index (χ4v) is 2.97. The lowest BCUT2D eigenvalue weighted by Gasteiger charge is -2.44. The highest BCUT2D eigenvalue weighted by molar-refractivity contribution is 5.94. The van der Waals surface area contributed by atoms with E-state index in [1.807, 2.05) is 13.0 Å². The molecule has 0 spiro atoms. The molecule has 3 atom stereocenters. The van der Waals surface area contributed by atoms with Crippen molar-refractivity contribution in [3.8, 4) is 0 Å². The fourth-order valence-electron chi connectivity index (χ4n) is 2.97. The van der Waals surface area contributed by atoms with Crippen LogP contribution in [0.15, 0.2) is 12.2 Å². The molecule has 2 fully saturated rings. The van der Waals surface area contributed by atoms with Gasteiger partial charge in [0.25, 0.3) is 0 Å². The van der Waals surface area contributed by atoms with Crippen LogP contribution in [-0.2, 0) is 9.59 Å². The maximum Gasteiger partial charge on any atom is 0.152 e. The first-order valence-corrected chi connectivity index (χ1v) is 6.02. The van der Waals surface area contributed by atoms with Gasteiger partial charge in [-0.15, -0.1) is 0 Å². The molecule has 0 aromatic heterocycles. The summed E-state index contributed by atoms with van der Waals surface area (Å²) < 4.78 is 0. The monoisotopic (exact) mass is 220 g/mol. The Morgan fingerprint density at radius 2 is 2.00 bits per heavy atom. The SMILES string of the molecule is CC(=O)/C=C/[C@@]1(C)C(=O)[C@H]2C[C@H]2CC1(C)C. The van der Waals surface area contributed by atoms with Crippen molar-refractivity contribution in [1.29, 1.82) is 0 Å². The van der Waals surface area contributed by atoms with Crippen LogP contribution in [0.3, 0.4) is 0 Å². The Bertz CT molecular complexity index is 378. The van der Waals surface area contributed by atoms with E-state index in [9.17, 15) is 9.59 Å². The standard InChI is InChI=1S/C14H20O2/c1-9(15)5-6-14(4)12(16)11-7-10(11)8-13(14,2)3/h5-6,10-11H,7-8H2,1-4H3/b6-5+/t10-,11-,14-/m0/s1. The summed E-state index contributed by atoms with van der Waals surface area (Å²) in [4.78, 5) is 23.4. The largest absolute Gasteiger partial charge is 0.298 e. The van der Waals surface area contributed by atoms with E-state index in [1.54, 1.807) is 6.08 Å². The summed E-state index contributed by atoms with van der Waals surface area (Å²) in [6.45, 7) is 7.80. The summed E-state index contributed by atoms with van der Waals surface area (Å²) in [6, 6.07) is 0. The lowest BCUT2D eigenvalue weighted by atomic mass is 9.58. The van der Waals surface area contributed by atoms with Gasteiger partial charge in [0, 0.05) is 11.3 Å². The molecule has 2 rings (SSSR count). The molecule has 88 valence electrons. The van der Waals surface area contributed by atoms with E-state index in [1.165, 1.54) is 6.92 Å². The molecule has 2 saturated carbocycles. The topological polar surface area (TPSA) is 34.1 Å². The van der Waals surface area contributed by atoms with Gasteiger partial charge >= 0.3 is 0 Å². The highest BCUT2D eigenvalue weighted by atomic mass is 16.1. The van der Waals surface area contributed by atoms with E-state index in [0.717, 1.165) is 12.8 Å². The molecule has 0 radical (unpaired) electrons. The van der Waals surface area contributed by atoms with Gasteiger partial charge in [-0.3, -0.25) is 9.59 Å². The van der Waals surface area contributed by atoms with Crippen LogP contribution >= 0.6 is 0 Å². The third-order valence-electron chi connectivity index (χ3n) is 4.60. The van der Waals surface area contributed by atoms with Gasteiger partial charge in [0.15, 0.2) is 5.78 Å². The molecule has 0 aliphatic heterocycles. The number of allylic oxidation sites excluding steroid dienone is 2. The summed E-state index contributed by atoms with van der Waals surface area (Å²) in [5.74, 6) is 1.24. The summed E-state index contributed by atoms with van der Waals surface area (Å²) in [6.07, 6.45) is 5.56. The van der Waals surface area contributed by atoms with Crippen molar-refractivity contribution in [3.05, 3.63) is 12.2 Å². The quantitative estimate of drug-likeness (QED) is 0.671. The summed E-state index contributed by atoms with van der Waals surface area (Å²) in [5.41, 5.74) is -0.496. The fraction of sp³-hybridized carbons (Fsp3) is 0.714. The molecule has 16 heavy (non-hydrogen) atoms. The van der Waals surface area contributed by atoms with Gasteiger partial charge in [0.2, 0.25) is 0 Å². The molecule has 2 aliphatic rings. The second kappa shape index (κ2) is 3.28. The van der Waals surface area contributed by atoms with E-state index in [-0.39, 0.29) is 17.1 Å². The first kappa shape index (κ1) is 11.6. The van der Waals surface area contributed by atoms with Gasteiger partial charge in [0.05, 0.1) is 0 Å². The summed E-state index contributed by atoms with van der Waals surface area (Å²) in [5, 5.41) is 0. The number of Topliss-reactive ketones (excluding diaryl/α,β-unsaturated/α-hetero) is 1. The highest BCUT2D eigenvalue weighted by Gasteiger charge is 2.60. The maximum absolute atomic E-state index is 12.4. The average molecular weight is 220 g/mol. The Morgan fingerprint density at radius 3 is 2.56 bits per heavy atom. The zero-order valence-electron chi connectivity index (χ0n) is 10.5. The van der Waals surface area contributed by atoms with E-state index in [4.69, 9.17) is 0 Å². The normalized spacial score (nSPS) is 40.9. The number of hydrogen-bond donors (Lipinski definition) is 0. The van der Waals surface area contributed by atoms with Crippen molar-refractivity contribution < 1.29 is 9.59 Å². The maximum atomic E-state index is 12.4. The molecule has 0 saturated heterocycles. The van der Waals surface area contributed by atoms with Crippen LogP contribution in [0.5, 0.6) is 0 Å². The van der Waals surface area contributed by atoms with Gasteiger partial charge < -0.3 is 0 Å². The lowest BCUT2D eigenvalue weighted by molar-refractivity contribution is -0.135. The predicted octanol–water partition coefficient (Wildman–Crippen LogP) is 2.77. The number of rotatable bonds is 2. The molecule has 2 nitrogen and oxygen atoms in total. The van der Waals surface area contributed by atoms with Crippen molar-refractivity contribution in [3.63, 3.8) is 0 Å².